The average molecular weight is 311 g/mol. The molecule has 0 saturated carbocycles. The topological polar surface area (TPSA) is 47.9 Å². The molecule has 0 spiro atoms. The lowest BCUT2D eigenvalue weighted by molar-refractivity contribution is -0.129. The Bertz CT molecular complexity index is 794. The standard InChI is InChI=1S/C18H14FNO3/c1-2-22-13-9-7-12(8-10-13)11-16-18(21)23-17(20-16)14-5-3-4-6-15(14)19/h3-11H,2H2,1H3. The predicted octanol–water partition coefficient (Wildman–Crippen LogP) is 3.57. The number of hydrogen-bond donors (Lipinski definition) is 0. The van der Waals surface area contributed by atoms with Crippen LogP contribution in [0.15, 0.2) is 59.2 Å². The molecule has 4 nitrogen and oxygen atoms in total. The van der Waals surface area contributed by atoms with E-state index >= 15 is 0 Å². The molecule has 0 unspecified atom stereocenters. The molecule has 1 aliphatic heterocycles. The lowest BCUT2D eigenvalue weighted by Gasteiger charge is -2.02. The van der Waals surface area contributed by atoms with Crippen molar-refractivity contribution in [2.24, 2.45) is 4.99 Å². The van der Waals surface area contributed by atoms with Crippen LogP contribution in [0.1, 0.15) is 18.1 Å². The van der Waals surface area contributed by atoms with Crippen LogP contribution in [-0.4, -0.2) is 18.5 Å². The van der Waals surface area contributed by atoms with E-state index in [1.54, 1.807) is 30.3 Å². The summed E-state index contributed by atoms with van der Waals surface area (Å²) in [5.74, 6) is -0.358. The van der Waals surface area contributed by atoms with Crippen molar-refractivity contribution in [2.75, 3.05) is 6.61 Å². The van der Waals surface area contributed by atoms with Gasteiger partial charge in [-0.3, -0.25) is 0 Å². The molecule has 0 amide bonds. The van der Waals surface area contributed by atoms with E-state index in [9.17, 15) is 9.18 Å². The monoisotopic (exact) mass is 311 g/mol. The number of aliphatic imine (C=N–C) groups is 1. The van der Waals surface area contributed by atoms with E-state index in [1.807, 2.05) is 19.1 Å². The van der Waals surface area contributed by atoms with Gasteiger partial charge in [-0.05, 0) is 42.8 Å². The molecular weight excluding hydrogens is 297 g/mol. The van der Waals surface area contributed by atoms with Gasteiger partial charge >= 0.3 is 5.97 Å². The highest BCUT2D eigenvalue weighted by molar-refractivity contribution is 6.12. The van der Waals surface area contributed by atoms with Gasteiger partial charge in [-0.25, -0.2) is 14.2 Å². The van der Waals surface area contributed by atoms with Gasteiger partial charge in [0.25, 0.3) is 0 Å². The minimum absolute atomic E-state index is 0.0229. The number of carbonyl (C=O) groups is 1. The summed E-state index contributed by atoms with van der Waals surface area (Å²) in [6.45, 7) is 2.49. The van der Waals surface area contributed by atoms with Gasteiger partial charge in [0.15, 0.2) is 5.70 Å². The lowest BCUT2D eigenvalue weighted by atomic mass is 10.2. The Kier molecular flexibility index (Phi) is 4.19. The second kappa shape index (κ2) is 6.44. The maximum atomic E-state index is 13.7. The maximum Gasteiger partial charge on any atom is 0.363 e. The molecule has 1 heterocycles. The van der Waals surface area contributed by atoms with Crippen LogP contribution in [0.4, 0.5) is 4.39 Å². The highest BCUT2D eigenvalue weighted by atomic mass is 19.1. The SMILES string of the molecule is CCOc1ccc(C=C2N=C(c3ccccc3F)OC2=O)cc1. The van der Waals surface area contributed by atoms with Crippen molar-refractivity contribution in [1.29, 1.82) is 0 Å². The summed E-state index contributed by atoms with van der Waals surface area (Å²) in [6.07, 6.45) is 1.59. The van der Waals surface area contributed by atoms with Gasteiger partial charge in [-0.2, -0.15) is 0 Å². The Labute approximate surface area is 132 Å². The highest BCUT2D eigenvalue weighted by Crippen LogP contribution is 2.21. The summed E-state index contributed by atoms with van der Waals surface area (Å²) >= 11 is 0. The van der Waals surface area contributed by atoms with Crippen molar-refractivity contribution in [1.82, 2.24) is 0 Å². The number of hydrogen-bond acceptors (Lipinski definition) is 4. The van der Waals surface area contributed by atoms with E-state index in [0.29, 0.717) is 6.61 Å². The average Bonchev–Trinajstić information content (AvgIpc) is 2.91. The normalized spacial score (nSPS) is 15.5. The number of nitrogens with zero attached hydrogens (tertiary/aromatic N) is 1. The molecular formula is C18H14FNO3. The van der Waals surface area contributed by atoms with Crippen LogP contribution in [0.2, 0.25) is 0 Å². The molecule has 2 aromatic rings. The van der Waals surface area contributed by atoms with Crippen molar-refractivity contribution >= 4 is 17.9 Å². The molecule has 0 atom stereocenters. The van der Waals surface area contributed by atoms with Crippen molar-refractivity contribution in [3.63, 3.8) is 0 Å². The van der Waals surface area contributed by atoms with E-state index in [-0.39, 0.29) is 17.2 Å². The van der Waals surface area contributed by atoms with Crippen LogP contribution in [0.25, 0.3) is 6.08 Å². The molecule has 0 fully saturated rings. The number of esters is 1. The van der Waals surface area contributed by atoms with Gasteiger partial charge < -0.3 is 9.47 Å². The van der Waals surface area contributed by atoms with E-state index in [4.69, 9.17) is 9.47 Å². The van der Waals surface area contributed by atoms with Gasteiger partial charge in [0, 0.05) is 0 Å². The number of cyclic esters (lactones) is 1. The van der Waals surface area contributed by atoms with Crippen molar-refractivity contribution < 1.29 is 18.7 Å². The number of ether oxygens (including phenoxy) is 2. The fourth-order valence-electron chi connectivity index (χ4n) is 2.14. The zero-order valence-corrected chi connectivity index (χ0v) is 12.5. The molecule has 1 aliphatic rings. The van der Waals surface area contributed by atoms with Crippen LogP contribution in [0.3, 0.4) is 0 Å². The first-order valence-electron chi connectivity index (χ1n) is 7.17. The fourth-order valence-corrected chi connectivity index (χ4v) is 2.14. The molecule has 5 heteroatoms. The first-order valence-corrected chi connectivity index (χ1v) is 7.17. The summed E-state index contributed by atoms with van der Waals surface area (Å²) in [5, 5.41) is 0. The zero-order valence-electron chi connectivity index (χ0n) is 12.5. The Morgan fingerprint density at radius 3 is 2.61 bits per heavy atom. The lowest BCUT2D eigenvalue weighted by Crippen LogP contribution is -2.07. The summed E-state index contributed by atoms with van der Waals surface area (Å²) < 4.78 is 24.1. The van der Waals surface area contributed by atoms with Crippen LogP contribution in [-0.2, 0) is 9.53 Å². The summed E-state index contributed by atoms with van der Waals surface area (Å²) in [5.41, 5.74) is 1.07. The van der Waals surface area contributed by atoms with Crippen LogP contribution < -0.4 is 4.74 Å². The molecule has 0 aliphatic carbocycles. The van der Waals surface area contributed by atoms with Crippen molar-refractivity contribution in [3.8, 4) is 5.75 Å². The van der Waals surface area contributed by atoms with Crippen LogP contribution in [0.5, 0.6) is 5.75 Å². The second-order valence-electron chi connectivity index (χ2n) is 4.82. The number of benzene rings is 2. The maximum absolute atomic E-state index is 13.7. The Hall–Kier alpha value is -2.95. The van der Waals surface area contributed by atoms with E-state index in [2.05, 4.69) is 4.99 Å². The molecule has 0 bridgehead atoms. The Morgan fingerprint density at radius 2 is 1.91 bits per heavy atom. The first kappa shape index (κ1) is 15.0. The smallest absolute Gasteiger partial charge is 0.363 e. The van der Waals surface area contributed by atoms with Gasteiger partial charge in [-0.1, -0.05) is 24.3 Å². The third-order valence-corrected chi connectivity index (χ3v) is 3.22. The number of carbonyl (C=O) groups excluding carboxylic acids is 1. The third kappa shape index (κ3) is 3.29. The molecule has 3 rings (SSSR count). The van der Waals surface area contributed by atoms with E-state index in [0.717, 1.165) is 11.3 Å². The van der Waals surface area contributed by atoms with Gasteiger partial charge in [0.1, 0.15) is 11.6 Å². The minimum atomic E-state index is -0.600. The zero-order chi connectivity index (χ0) is 16.2. The predicted molar refractivity (Wildman–Crippen MR) is 84.6 cm³/mol. The van der Waals surface area contributed by atoms with Crippen molar-refractivity contribution in [3.05, 3.63) is 71.2 Å². The van der Waals surface area contributed by atoms with Gasteiger partial charge in [-0.15, -0.1) is 0 Å². The highest BCUT2D eigenvalue weighted by Gasteiger charge is 2.25. The molecule has 0 radical (unpaired) electrons. The van der Waals surface area contributed by atoms with Gasteiger partial charge in [0.2, 0.25) is 5.90 Å². The molecule has 0 saturated heterocycles. The van der Waals surface area contributed by atoms with Crippen molar-refractivity contribution in [2.45, 2.75) is 6.92 Å². The fraction of sp³-hybridized carbons (Fsp3) is 0.111. The first-order chi connectivity index (χ1) is 11.2. The largest absolute Gasteiger partial charge is 0.494 e. The summed E-state index contributed by atoms with van der Waals surface area (Å²) in [6, 6.07) is 13.2. The molecule has 0 N–H and O–H groups in total. The van der Waals surface area contributed by atoms with E-state index < -0.39 is 11.8 Å². The Balaban J connectivity index is 1.87. The van der Waals surface area contributed by atoms with Crippen LogP contribution >= 0.6 is 0 Å². The molecule has 2 aromatic carbocycles. The second-order valence-corrected chi connectivity index (χ2v) is 4.82. The number of halogens is 1. The summed E-state index contributed by atoms with van der Waals surface area (Å²) in [4.78, 5) is 16.0. The number of rotatable bonds is 4. The molecule has 116 valence electrons. The Morgan fingerprint density at radius 1 is 1.17 bits per heavy atom. The van der Waals surface area contributed by atoms with Gasteiger partial charge in [0.05, 0.1) is 12.2 Å². The van der Waals surface area contributed by atoms with E-state index in [1.165, 1.54) is 12.1 Å². The molecule has 0 aromatic heterocycles. The minimum Gasteiger partial charge on any atom is -0.494 e. The third-order valence-electron chi connectivity index (χ3n) is 3.22. The quantitative estimate of drug-likeness (QED) is 0.640. The molecule has 23 heavy (non-hydrogen) atoms. The summed E-state index contributed by atoms with van der Waals surface area (Å²) in [7, 11) is 0. The van der Waals surface area contributed by atoms with Crippen LogP contribution in [0, 0.1) is 5.82 Å².